The summed E-state index contributed by atoms with van der Waals surface area (Å²) in [6.45, 7) is -1.25. The molecule has 9 N–H and O–H groups in total. The van der Waals surface area contributed by atoms with E-state index in [-0.39, 0.29) is 0 Å². The van der Waals surface area contributed by atoms with E-state index in [1.165, 1.54) is 0 Å². The van der Waals surface area contributed by atoms with E-state index in [0.29, 0.717) is 0 Å². The van der Waals surface area contributed by atoms with Crippen LogP contribution in [0, 0.1) is 0 Å². The lowest BCUT2D eigenvalue weighted by Crippen LogP contribution is -2.65. The van der Waals surface area contributed by atoms with Crippen molar-refractivity contribution in [1.29, 1.82) is 0 Å². The fourth-order valence-corrected chi connectivity index (χ4v) is 2.54. The van der Waals surface area contributed by atoms with Gasteiger partial charge in [-0.2, -0.15) is 0 Å². The molecule has 0 aromatic carbocycles. The Morgan fingerprint density at radius 3 is 1.70 bits per heavy atom. The highest BCUT2D eigenvalue weighted by atomic mass is 16.8. The Morgan fingerprint density at radius 2 is 1.17 bits per heavy atom. The van der Waals surface area contributed by atoms with Crippen molar-refractivity contribution in [3.63, 3.8) is 0 Å². The highest BCUT2D eigenvalue weighted by Crippen LogP contribution is 2.27. The third kappa shape index (κ3) is 3.65. The molecular weight excluding hydrogens is 318 g/mol. The van der Waals surface area contributed by atoms with Gasteiger partial charge in [0.05, 0.1) is 19.3 Å². The minimum absolute atomic E-state index is 0.612. The van der Waals surface area contributed by atoms with E-state index >= 15 is 0 Å². The molecule has 0 aromatic heterocycles. The molecule has 0 spiro atoms. The predicted octanol–water partition coefficient (Wildman–Crippen LogP) is -5.43. The average molecular weight is 341 g/mol. The van der Waals surface area contributed by atoms with Crippen LogP contribution < -0.4 is 5.73 Å². The Labute approximate surface area is 131 Å². The molecule has 0 amide bonds. The maximum atomic E-state index is 9.88. The number of ether oxygens (including phenoxy) is 3. The quantitative estimate of drug-likeness (QED) is 0.243. The predicted molar refractivity (Wildman–Crippen MR) is 70.6 cm³/mol. The first-order chi connectivity index (χ1) is 10.8. The van der Waals surface area contributed by atoms with Crippen LogP contribution >= 0.6 is 0 Å². The molecule has 2 aliphatic rings. The Morgan fingerprint density at radius 1 is 0.696 bits per heavy atom. The minimum atomic E-state index is -1.67. The first kappa shape index (κ1) is 18.9. The second kappa shape index (κ2) is 7.63. The molecule has 136 valence electrons. The Balaban J connectivity index is 2.07. The standard InChI is InChI=1S/C12H23NO10/c13-5-8(18)6(16)3(1-14)21-11(5)23-12-10(20)9(19)7(17)4(2-15)22-12/h3-12,14-20H,1-2,13H2/t3-,4-,5-,6-,7-,8-,9+,10-,11+,12+/m1/s1. The number of hydrogen-bond donors (Lipinski definition) is 8. The second-order valence-electron chi connectivity index (χ2n) is 5.62. The molecular formula is C12H23NO10. The molecule has 11 heteroatoms. The van der Waals surface area contributed by atoms with E-state index in [1.807, 2.05) is 0 Å². The van der Waals surface area contributed by atoms with Gasteiger partial charge in [0.2, 0.25) is 0 Å². The molecule has 23 heavy (non-hydrogen) atoms. The first-order valence-electron chi connectivity index (χ1n) is 7.15. The van der Waals surface area contributed by atoms with Crippen LogP contribution in [0.2, 0.25) is 0 Å². The summed E-state index contributed by atoms with van der Waals surface area (Å²) in [7, 11) is 0. The third-order valence-corrected chi connectivity index (χ3v) is 4.05. The molecule has 0 aliphatic carbocycles. The molecule has 2 fully saturated rings. The smallest absolute Gasteiger partial charge is 0.189 e. The number of aliphatic hydroxyl groups excluding tert-OH is 7. The van der Waals surface area contributed by atoms with Gasteiger partial charge in [0.1, 0.15) is 42.7 Å². The molecule has 0 saturated carbocycles. The van der Waals surface area contributed by atoms with Gasteiger partial charge in [-0.15, -0.1) is 0 Å². The van der Waals surface area contributed by atoms with Crippen LogP contribution in [0.5, 0.6) is 0 Å². The van der Waals surface area contributed by atoms with Gasteiger partial charge in [0, 0.05) is 0 Å². The molecule has 0 bridgehead atoms. The second-order valence-corrected chi connectivity index (χ2v) is 5.62. The van der Waals surface area contributed by atoms with Crippen molar-refractivity contribution in [1.82, 2.24) is 0 Å². The summed E-state index contributed by atoms with van der Waals surface area (Å²) in [6.07, 6.45) is -13.0. The molecule has 2 heterocycles. The van der Waals surface area contributed by atoms with Crippen molar-refractivity contribution in [2.24, 2.45) is 5.73 Å². The van der Waals surface area contributed by atoms with Gasteiger partial charge in [0.25, 0.3) is 0 Å². The van der Waals surface area contributed by atoms with Crippen LogP contribution in [0.15, 0.2) is 0 Å². The number of rotatable bonds is 4. The first-order valence-corrected chi connectivity index (χ1v) is 7.15. The number of aliphatic hydroxyl groups is 7. The number of nitrogens with two attached hydrogens (primary N) is 1. The zero-order valence-corrected chi connectivity index (χ0v) is 12.1. The lowest BCUT2D eigenvalue weighted by atomic mass is 9.97. The summed E-state index contributed by atoms with van der Waals surface area (Å²) < 4.78 is 15.6. The van der Waals surface area contributed by atoms with Gasteiger partial charge in [0.15, 0.2) is 12.6 Å². The van der Waals surface area contributed by atoms with Gasteiger partial charge < -0.3 is 55.7 Å². The highest BCUT2D eigenvalue weighted by Gasteiger charge is 2.48. The van der Waals surface area contributed by atoms with Gasteiger partial charge >= 0.3 is 0 Å². The fraction of sp³-hybridized carbons (Fsp3) is 1.00. The van der Waals surface area contributed by atoms with Crippen molar-refractivity contribution in [3.05, 3.63) is 0 Å². The van der Waals surface area contributed by atoms with E-state index in [9.17, 15) is 25.5 Å². The summed E-state index contributed by atoms with van der Waals surface area (Å²) in [6, 6.07) is -1.22. The number of hydrogen-bond acceptors (Lipinski definition) is 11. The van der Waals surface area contributed by atoms with E-state index in [2.05, 4.69) is 0 Å². The van der Waals surface area contributed by atoms with E-state index in [4.69, 9.17) is 30.2 Å². The van der Waals surface area contributed by atoms with Crippen molar-refractivity contribution < 1.29 is 50.0 Å². The molecule has 2 rings (SSSR count). The average Bonchev–Trinajstić information content (AvgIpc) is 2.55. The highest BCUT2D eigenvalue weighted by molar-refractivity contribution is 4.93. The summed E-state index contributed by atoms with van der Waals surface area (Å²) in [4.78, 5) is 0. The van der Waals surface area contributed by atoms with Gasteiger partial charge in [-0.3, -0.25) is 0 Å². The maximum absolute atomic E-state index is 9.88. The van der Waals surface area contributed by atoms with Crippen LogP contribution in [0.3, 0.4) is 0 Å². The van der Waals surface area contributed by atoms with E-state index in [0.717, 1.165) is 0 Å². The van der Waals surface area contributed by atoms with Crippen molar-refractivity contribution in [2.45, 2.75) is 61.3 Å². The molecule has 2 saturated heterocycles. The van der Waals surface area contributed by atoms with Crippen LogP contribution in [0.1, 0.15) is 0 Å². The lowest BCUT2D eigenvalue weighted by Gasteiger charge is -2.45. The normalized spacial score (nSPS) is 51.7. The molecule has 10 atom stereocenters. The SMILES string of the molecule is N[C@H]1[C@H](O[C@@H]2O[C@H](CO)[C@@H](O)[C@H](O)[C@H]2O)O[C@H](CO)[C@@H](O)[C@@H]1O. The molecule has 11 nitrogen and oxygen atoms in total. The lowest BCUT2D eigenvalue weighted by molar-refractivity contribution is -0.361. The summed E-state index contributed by atoms with van der Waals surface area (Å²) >= 11 is 0. The summed E-state index contributed by atoms with van der Waals surface area (Å²) in [5.41, 5.74) is 5.68. The monoisotopic (exact) mass is 341 g/mol. The maximum Gasteiger partial charge on any atom is 0.189 e. The van der Waals surface area contributed by atoms with Crippen molar-refractivity contribution in [3.8, 4) is 0 Å². The molecule has 0 aromatic rings. The Bertz CT molecular complexity index is 349. The fourth-order valence-electron chi connectivity index (χ4n) is 2.54. The Kier molecular flexibility index (Phi) is 6.27. The summed E-state index contributed by atoms with van der Waals surface area (Å²) in [5.74, 6) is 0. The van der Waals surface area contributed by atoms with Crippen LogP contribution in [-0.2, 0) is 14.2 Å². The van der Waals surface area contributed by atoms with Gasteiger partial charge in [-0.05, 0) is 0 Å². The third-order valence-electron chi connectivity index (χ3n) is 4.05. The largest absolute Gasteiger partial charge is 0.394 e. The van der Waals surface area contributed by atoms with Gasteiger partial charge in [-0.1, -0.05) is 0 Å². The molecule has 2 aliphatic heterocycles. The Hall–Kier alpha value is -0.440. The van der Waals surface area contributed by atoms with Crippen molar-refractivity contribution in [2.75, 3.05) is 13.2 Å². The van der Waals surface area contributed by atoms with Gasteiger partial charge in [-0.25, -0.2) is 0 Å². The molecule has 0 radical (unpaired) electrons. The zero-order valence-electron chi connectivity index (χ0n) is 12.1. The van der Waals surface area contributed by atoms with E-state index in [1.54, 1.807) is 0 Å². The zero-order chi connectivity index (χ0) is 17.3. The van der Waals surface area contributed by atoms with Crippen molar-refractivity contribution >= 4 is 0 Å². The topological polar surface area (TPSA) is 195 Å². The van der Waals surface area contributed by atoms with Crippen LogP contribution in [0.25, 0.3) is 0 Å². The van der Waals surface area contributed by atoms with Crippen LogP contribution in [-0.4, -0.2) is 110 Å². The molecule has 0 unspecified atom stereocenters. The van der Waals surface area contributed by atoms with Crippen LogP contribution in [0.4, 0.5) is 0 Å². The minimum Gasteiger partial charge on any atom is -0.394 e. The summed E-state index contributed by atoms with van der Waals surface area (Å²) in [5, 5.41) is 67.0. The van der Waals surface area contributed by atoms with E-state index < -0.39 is 74.6 Å².